The minimum atomic E-state index is 2.50. The van der Waals surface area contributed by atoms with Crippen LogP contribution in [0.25, 0.3) is 0 Å². The minimum Gasteiger partial charge on any atom is -0.317 e. The van der Waals surface area contributed by atoms with Gasteiger partial charge < -0.3 is 21.6 Å². The molecule has 0 aromatic carbocycles. The van der Waals surface area contributed by atoms with E-state index in [-0.39, 0.29) is 0 Å². The van der Waals surface area contributed by atoms with Gasteiger partial charge in [-0.2, -0.15) is 4.91 Å². The quantitative estimate of drug-likeness (QED) is 0.257. The maximum absolute atomic E-state index is 7.50. The second-order valence-electron chi connectivity index (χ2n) is 0. The Hall–Kier alpha value is -1.72. The average molecular weight is 147 g/mol. The van der Waals surface area contributed by atoms with Gasteiger partial charge in [0.25, 0.3) is 0 Å². The molecule has 0 amide bonds. The van der Waals surface area contributed by atoms with Crippen LogP contribution in [0, 0.1) is 32.1 Å². The predicted octanol–water partition coefficient (Wildman–Crippen LogP) is 1.39. The van der Waals surface area contributed by atoms with Gasteiger partial charge in [-0.3, -0.25) is 0 Å². The summed E-state index contributed by atoms with van der Waals surface area (Å²) in [6.07, 6.45) is 0. The third-order valence-electron chi connectivity index (χ3n) is 0. The van der Waals surface area contributed by atoms with Crippen LogP contribution < -0.4 is 0 Å². The lowest BCUT2D eigenvalue weighted by molar-refractivity contribution is 1.49. The molecule has 0 bridgehead atoms. The summed E-state index contributed by atoms with van der Waals surface area (Å²) in [7, 11) is 0. The van der Waals surface area contributed by atoms with Crippen LogP contribution in [0.4, 0.5) is 0 Å². The number of hydrogen-bond donors (Lipinski definition) is 5. The largest absolute Gasteiger partial charge is 0.317 e. The molecular weight excluding hydrogens is 134 g/mol. The van der Waals surface area contributed by atoms with Gasteiger partial charge in [-0.15, -0.1) is 0 Å². The third-order valence-corrected chi connectivity index (χ3v) is 0. The Bertz CT molecular complexity index is 25.2. The van der Waals surface area contributed by atoms with Gasteiger partial charge in [0.1, 0.15) is 0 Å². The molecule has 0 radical (unpaired) electrons. The van der Waals surface area contributed by atoms with Crippen molar-refractivity contribution in [3.8, 4) is 0 Å². The second-order valence-corrected chi connectivity index (χ2v) is 0. The Morgan fingerprint density at radius 2 is 0.500 bits per heavy atom. The van der Waals surface area contributed by atoms with E-state index in [1.165, 1.54) is 0 Å². The van der Waals surface area contributed by atoms with Crippen molar-refractivity contribution in [2.75, 3.05) is 0 Å². The number of hydrogen-bond acceptors (Lipinski definition) is 6. The van der Waals surface area contributed by atoms with Crippen LogP contribution >= 0.6 is 0 Å². The van der Waals surface area contributed by atoms with Gasteiger partial charge in [-0.25, -0.2) is 0 Å². The molecule has 0 atom stereocenters. The highest BCUT2D eigenvalue weighted by Gasteiger charge is 0.589. The van der Waals surface area contributed by atoms with E-state index in [4.69, 9.17) is 26.5 Å². The molecule has 0 fully saturated rings. The Balaban J connectivity index is -0.0000000104. The third kappa shape index (κ3) is 59.2. The van der Waals surface area contributed by atoms with Crippen LogP contribution in [0.2, 0.25) is 0 Å². The summed E-state index contributed by atoms with van der Waals surface area (Å²) in [6.45, 7) is 10.0. The molecule has 0 heterocycles. The predicted molar refractivity (Wildman–Crippen MR) is 45.4 cm³/mol. The van der Waals surface area contributed by atoms with Crippen LogP contribution in [0.1, 0.15) is 0 Å². The number of nitroso groups, excluding NO2 is 1. The first-order valence-electron chi connectivity index (χ1n) is 1.62. The Morgan fingerprint density at radius 3 is 0.500 bits per heavy atom. The topological polar surface area (TPSA) is 136 Å². The van der Waals surface area contributed by atoms with Crippen molar-refractivity contribution in [1.82, 2.24) is 0 Å². The molecule has 0 aromatic rings. The molecule has 0 aliphatic rings. The lowest BCUT2D eigenvalue weighted by Gasteiger charge is -0.890. The first kappa shape index (κ1) is 40.8. The zero-order valence-corrected chi connectivity index (χ0v) is 5.74. The van der Waals surface area contributed by atoms with Gasteiger partial charge in [-0.05, 0) is 26.9 Å². The normalized spacial score (nSPS) is 2.00. The van der Waals surface area contributed by atoms with Crippen molar-refractivity contribution in [3.05, 3.63) is 4.91 Å². The number of rotatable bonds is 0. The van der Waals surface area contributed by atoms with Crippen molar-refractivity contribution in [1.29, 1.82) is 27.2 Å². The molecule has 0 saturated carbocycles. The smallest absolute Gasteiger partial charge is 0.0187 e. The van der Waals surface area contributed by atoms with Gasteiger partial charge in [0, 0.05) is 0 Å². The van der Waals surface area contributed by atoms with E-state index in [2.05, 4.69) is 32.5 Å². The zero-order chi connectivity index (χ0) is 10.0. The van der Waals surface area contributed by atoms with E-state index in [1.54, 1.807) is 0 Å². The molecule has 0 aliphatic heterocycles. The fraction of sp³-hybridized carbons (Fsp3) is 0. The van der Waals surface area contributed by atoms with Crippen LogP contribution in [0.3, 0.4) is 0 Å². The summed E-state index contributed by atoms with van der Waals surface area (Å²) in [5.74, 6) is 0. The maximum Gasteiger partial charge on any atom is -0.0187 e. The van der Waals surface area contributed by atoms with E-state index in [1.807, 2.05) is 0 Å². The minimum absolute atomic E-state index is 2.50. The molecule has 0 rings (SSSR count). The van der Waals surface area contributed by atoms with Crippen molar-refractivity contribution >= 4 is 26.9 Å². The molecule has 6 heteroatoms. The van der Waals surface area contributed by atoms with E-state index in [9.17, 15) is 0 Å². The highest BCUT2D eigenvalue weighted by atomic mass is 16.2. The Kier molecular flexibility index (Phi) is 396. The van der Waals surface area contributed by atoms with Crippen LogP contribution in [-0.2, 0) is 0 Å². The van der Waals surface area contributed by atoms with Crippen LogP contribution in [0.15, 0.2) is 0 Å². The van der Waals surface area contributed by atoms with Crippen molar-refractivity contribution in [2.45, 2.75) is 0 Å². The van der Waals surface area contributed by atoms with Crippen LogP contribution in [-0.4, -0.2) is 26.9 Å². The molecule has 10 heavy (non-hydrogen) atoms. The fourth-order valence-electron chi connectivity index (χ4n) is 0. The standard InChI is InChI=1S/4CH3N.HNO/c5*1-2/h4*2H,1H2;1H. The van der Waals surface area contributed by atoms with Crippen LogP contribution in [0.5, 0.6) is 0 Å². The fourth-order valence-corrected chi connectivity index (χ4v) is 0. The van der Waals surface area contributed by atoms with Crippen molar-refractivity contribution in [2.24, 2.45) is 0 Å². The Morgan fingerprint density at radius 1 is 0.500 bits per heavy atom. The molecule has 0 unspecified atom stereocenters. The van der Waals surface area contributed by atoms with Gasteiger partial charge >= 0.3 is 0 Å². The monoisotopic (exact) mass is 147 g/mol. The van der Waals surface area contributed by atoms with E-state index in [0.717, 1.165) is 0 Å². The summed E-state index contributed by atoms with van der Waals surface area (Å²) in [5, 5.41) is 22.0. The average Bonchev–Trinajstić information content (AvgIpc) is 2.20. The molecule has 5 N–H and O–H groups in total. The lowest BCUT2D eigenvalue weighted by atomic mass is 11.8. The van der Waals surface area contributed by atoms with Gasteiger partial charge in [-0.1, -0.05) is 5.59 Å². The molecule has 6 nitrogen and oxygen atoms in total. The molecule has 0 aromatic heterocycles. The zero-order valence-electron chi connectivity index (χ0n) is 5.74. The molecule has 0 saturated heterocycles. The van der Waals surface area contributed by atoms with E-state index < -0.39 is 0 Å². The highest BCUT2D eigenvalue weighted by molar-refractivity contribution is 5.16. The Labute approximate surface area is 60.1 Å². The number of nitrogens with one attached hydrogen (secondary N) is 5. The SMILES string of the molecule is C=N.C=N.C=N.C=N.N=O. The van der Waals surface area contributed by atoms with E-state index >= 15 is 0 Å². The molecule has 60 valence electrons. The summed E-state index contributed by atoms with van der Waals surface area (Å²) in [6, 6.07) is 0. The van der Waals surface area contributed by atoms with Crippen molar-refractivity contribution in [3.63, 3.8) is 0 Å². The van der Waals surface area contributed by atoms with Gasteiger partial charge in [0.05, 0.1) is 0 Å². The lowest BCUT2D eigenvalue weighted by Crippen LogP contribution is -0.827. The van der Waals surface area contributed by atoms with E-state index in [0.29, 0.717) is 0 Å². The second kappa shape index (κ2) is 97.0. The highest BCUT2D eigenvalue weighted by Crippen LogP contribution is 0.766. The summed E-state index contributed by atoms with van der Waals surface area (Å²) < 4.78 is 0. The first-order chi connectivity index (χ1) is 5.00. The molecule has 0 spiro atoms. The summed E-state index contributed by atoms with van der Waals surface area (Å²) in [4.78, 5) is 7.50. The maximum atomic E-state index is 7.50. The van der Waals surface area contributed by atoms with Gasteiger partial charge in [0.2, 0.25) is 0 Å². The summed E-state index contributed by atoms with van der Waals surface area (Å²) in [5.41, 5.74) is 4.50. The van der Waals surface area contributed by atoms with Crippen molar-refractivity contribution < 1.29 is 0 Å². The molecular formula is C4H13N5O. The van der Waals surface area contributed by atoms with Gasteiger partial charge in [0.15, 0.2) is 0 Å². The first-order valence-corrected chi connectivity index (χ1v) is 1.62. The molecule has 0 aliphatic carbocycles. The summed E-state index contributed by atoms with van der Waals surface area (Å²) >= 11 is 0.